The van der Waals surface area contributed by atoms with Crippen LogP contribution in [0.3, 0.4) is 0 Å². The molecular weight excluding hydrogens is 386 g/mol. The number of allylic oxidation sites excluding steroid dienone is 1. The molecule has 0 saturated heterocycles. The zero-order valence-electron chi connectivity index (χ0n) is 18.4. The molecule has 0 spiro atoms. The smallest absolute Gasteiger partial charge is 0.0468 e. The lowest BCUT2D eigenvalue weighted by molar-refractivity contribution is 0.424. The summed E-state index contributed by atoms with van der Waals surface area (Å²) >= 11 is 0. The fourth-order valence-corrected chi connectivity index (χ4v) is 6.35. The molecule has 1 aromatic heterocycles. The summed E-state index contributed by atoms with van der Waals surface area (Å²) in [6.45, 7) is 4.85. The molecule has 0 amide bonds. The van der Waals surface area contributed by atoms with Crippen LogP contribution < -0.4 is 0 Å². The molecule has 1 N–H and O–H groups in total. The fourth-order valence-electron chi connectivity index (χ4n) is 6.35. The standard InChI is InChI=1S/C31H25N/c1-31(2)27-18-29-26(17-24(27)23-14-12-20-10-6-7-11-22(20)30(23)31)25-16-21(13-15-28(25)32-29)19-8-4-3-5-9-19/h3-18,23,30,32H,1-2H3. The number of fused-ring (bicyclic) bond motifs is 8. The fraction of sp³-hybridized carbons (Fsp3) is 0.161. The molecule has 0 fully saturated rings. The van der Waals surface area contributed by atoms with Crippen molar-refractivity contribution < 1.29 is 0 Å². The summed E-state index contributed by atoms with van der Waals surface area (Å²) in [5.41, 5.74) is 10.9. The average Bonchev–Trinajstić information content (AvgIpc) is 3.30. The van der Waals surface area contributed by atoms with Crippen molar-refractivity contribution in [2.24, 2.45) is 0 Å². The maximum absolute atomic E-state index is 3.71. The molecule has 1 heterocycles. The molecule has 7 rings (SSSR count). The minimum Gasteiger partial charge on any atom is -0.355 e. The van der Waals surface area contributed by atoms with E-state index >= 15 is 0 Å². The van der Waals surface area contributed by atoms with E-state index in [1.165, 1.54) is 55.2 Å². The van der Waals surface area contributed by atoms with Gasteiger partial charge in [0.1, 0.15) is 0 Å². The number of hydrogen-bond acceptors (Lipinski definition) is 0. The Kier molecular flexibility index (Phi) is 3.51. The third kappa shape index (κ3) is 2.34. The van der Waals surface area contributed by atoms with Crippen molar-refractivity contribution >= 4 is 27.9 Å². The number of benzene rings is 4. The van der Waals surface area contributed by atoms with Gasteiger partial charge < -0.3 is 4.98 Å². The second-order valence-corrected chi connectivity index (χ2v) is 9.95. The van der Waals surface area contributed by atoms with E-state index in [1.54, 1.807) is 0 Å². The van der Waals surface area contributed by atoms with Gasteiger partial charge >= 0.3 is 0 Å². The molecule has 0 bridgehead atoms. The molecule has 32 heavy (non-hydrogen) atoms. The van der Waals surface area contributed by atoms with E-state index in [4.69, 9.17) is 0 Å². The molecule has 0 saturated carbocycles. The molecule has 154 valence electrons. The largest absolute Gasteiger partial charge is 0.355 e. The van der Waals surface area contributed by atoms with Crippen LogP contribution in [0.25, 0.3) is 39.0 Å². The summed E-state index contributed by atoms with van der Waals surface area (Å²) < 4.78 is 0. The Balaban J connectivity index is 1.46. The van der Waals surface area contributed by atoms with Gasteiger partial charge in [0, 0.05) is 33.6 Å². The van der Waals surface area contributed by atoms with Crippen LogP contribution >= 0.6 is 0 Å². The van der Waals surface area contributed by atoms with Crippen molar-refractivity contribution in [2.75, 3.05) is 0 Å². The lowest BCUT2D eigenvalue weighted by atomic mass is 9.69. The Labute approximate surface area is 188 Å². The van der Waals surface area contributed by atoms with E-state index in [-0.39, 0.29) is 5.41 Å². The van der Waals surface area contributed by atoms with E-state index in [0.29, 0.717) is 11.8 Å². The maximum atomic E-state index is 3.71. The van der Waals surface area contributed by atoms with Gasteiger partial charge in [0.05, 0.1) is 0 Å². The third-order valence-corrected chi connectivity index (χ3v) is 7.88. The first kappa shape index (κ1) is 18.0. The Hall–Kier alpha value is -3.58. The van der Waals surface area contributed by atoms with Crippen molar-refractivity contribution in [1.82, 2.24) is 4.98 Å². The summed E-state index contributed by atoms with van der Waals surface area (Å²) in [6.07, 6.45) is 4.77. The minimum absolute atomic E-state index is 0.0849. The molecule has 2 aliphatic carbocycles. The maximum Gasteiger partial charge on any atom is 0.0468 e. The number of hydrogen-bond donors (Lipinski definition) is 1. The highest BCUT2D eigenvalue weighted by molar-refractivity contribution is 6.09. The van der Waals surface area contributed by atoms with Gasteiger partial charge in [0.25, 0.3) is 0 Å². The highest BCUT2D eigenvalue weighted by Crippen LogP contribution is 2.59. The van der Waals surface area contributed by atoms with Crippen LogP contribution in [-0.2, 0) is 5.41 Å². The van der Waals surface area contributed by atoms with E-state index in [9.17, 15) is 0 Å². The van der Waals surface area contributed by atoms with Crippen LogP contribution in [0, 0.1) is 0 Å². The zero-order valence-corrected chi connectivity index (χ0v) is 18.4. The second kappa shape index (κ2) is 6.23. The third-order valence-electron chi connectivity index (χ3n) is 7.88. The molecule has 0 aliphatic heterocycles. The van der Waals surface area contributed by atoms with E-state index in [0.717, 1.165) is 0 Å². The van der Waals surface area contributed by atoms with E-state index < -0.39 is 0 Å². The van der Waals surface area contributed by atoms with Crippen molar-refractivity contribution in [3.8, 4) is 11.1 Å². The van der Waals surface area contributed by atoms with Crippen LogP contribution in [-0.4, -0.2) is 4.98 Å². The molecule has 2 unspecified atom stereocenters. The Morgan fingerprint density at radius 2 is 1.47 bits per heavy atom. The van der Waals surface area contributed by atoms with E-state index in [2.05, 4.69) is 116 Å². The van der Waals surface area contributed by atoms with Gasteiger partial charge in [-0.25, -0.2) is 0 Å². The SMILES string of the molecule is CC1(C)c2cc3[nH]c4ccc(-c5ccccc5)cc4c3cc2C2C=Cc3ccccc3C21. The molecule has 2 atom stereocenters. The van der Waals surface area contributed by atoms with Gasteiger partial charge in [0.15, 0.2) is 0 Å². The molecule has 5 aromatic rings. The quantitative estimate of drug-likeness (QED) is 0.286. The first-order valence-electron chi connectivity index (χ1n) is 11.5. The van der Waals surface area contributed by atoms with Gasteiger partial charge in [-0.15, -0.1) is 0 Å². The van der Waals surface area contributed by atoms with Crippen molar-refractivity contribution in [2.45, 2.75) is 31.1 Å². The molecule has 0 radical (unpaired) electrons. The van der Waals surface area contributed by atoms with Gasteiger partial charge in [0.2, 0.25) is 0 Å². The monoisotopic (exact) mass is 411 g/mol. The average molecular weight is 412 g/mol. The first-order valence-corrected chi connectivity index (χ1v) is 11.5. The molecule has 1 nitrogen and oxygen atoms in total. The van der Waals surface area contributed by atoms with Gasteiger partial charge in [-0.3, -0.25) is 0 Å². The first-order chi connectivity index (χ1) is 15.6. The van der Waals surface area contributed by atoms with Gasteiger partial charge in [-0.1, -0.05) is 86.7 Å². The normalized spacial score (nSPS) is 20.3. The van der Waals surface area contributed by atoms with Gasteiger partial charge in [-0.2, -0.15) is 0 Å². The van der Waals surface area contributed by atoms with Crippen molar-refractivity contribution in [1.29, 1.82) is 0 Å². The summed E-state index contributed by atoms with van der Waals surface area (Å²) in [6, 6.07) is 31.3. The Morgan fingerprint density at radius 3 is 2.34 bits per heavy atom. The van der Waals surface area contributed by atoms with Gasteiger partial charge in [-0.05, 0) is 63.1 Å². The predicted octanol–water partition coefficient (Wildman–Crippen LogP) is 8.17. The highest BCUT2D eigenvalue weighted by Gasteiger charge is 2.47. The molecule has 1 heteroatoms. The van der Waals surface area contributed by atoms with Crippen LogP contribution in [0.2, 0.25) is 0 Å². The lowest BCUT2D eigenvalue weighted by Crippen LogP contribution is -2.25. The van der Waals surface area contributed by atoms with Crippen molar-refractivity contribution in [3.63, 3.8) is 0 Å². The number of H-pyrrole nitrogens is 1. The number of aromatic amines is 1. The van der Waals surface area contributed by atoms with E-state index in [1.807, 2.05) is 0 Å². The van der Waals surface area contributed by atoms with Crippen LogP contribution in [0.15, 0.2) is 91.0 Å². The Bertz CT molecular complexity index is 1550. The van der Waals surface area contributed by atoms with Crippen LogP contribution in [0.1, 0.15) is 47.9 Å². The molecular formula is C31H25N. The summed E-state index contributed by atoms with van der Waals surface area (Å²) in [5, 5.41) is 2.64. The van der Waals surface area contributed by atoms with Crippen LogP contribution in [0.5, 0.6) is 0 Å². The topological polar surface area (TPSA) is 15.8 Å². The lowest BCUT2D eigenvalue weighted by Gasteiger charge is -2.34. The zero-order chi connectivity index (χ0) is 21.4. The number of rotatable bonds is 1. The van der Waals surface area contributed by atoms with Crippen molar-refractivity contribution in [3.05, 3.63) is 113 Å². The Morgan fingerprint density at radius 1 is 0.688 bits per heavy atom. The number of nitrogens with one attached hydrogen (secondary N) is 1. The summed E-state index contributed by atoms with van der Waals surface area (Å²) in [7, 11) is 0. The highest BCUT2D eigenvalue weighted by atomic mass is 14.7. The summed E-state index contributed by atoms with van der Waals surface area (Å²) in [4.78, 5) is 3.71. The second-order valence-electron chi connectivity index (χ2n) is 9.95. The van der Waals surface area contributed by atoms with Crippen LogP contribution in [0.4, 0.5) is 0 Å². The molecule has 4 aromatic carbocycles. The summed E-state index contributed by atoms with van der Waals surface area (Å²) in [5.74, 6) is 0.915. The molecule has 2 aliphatic rings. The minimum atomic E-state index is 0.0849. The predicted molar refractivity (Wildman–Crippen MR) is 135 cm³/mol. The number of aromatic nitrogens is 1.